The van der Waals surface area contributed by atoms with Crippen molar-refractivity contribution in [2.75, 3.05) is 26.7 Å². The van der Waals surface area contributed by atoms with Crippen LogP contribution in [0.3, 0.4) is 0 Å². The summed E-state index contributed by atoms with van der Waals surface area (Å²) in [5.41, 5.74) is 1.04. The van der Waals surface area contributed by atoms with E-state index < -0.39 is 6.29 Å². The van der Waals surface area contributed by atoms with Crippen LogP contribution in [0.5, 0.6) is 0 Å². The Kier molecular flexibility index (Phi) is 4.76. The average Bonchev–Trinajstić information content (AvgIpc) is 3.23. The third-order valence-corrected chi connectivity index (χ3v) is 5.28. The van der Waals surface area contributed by atoms with E-state index in [0.29, 0.717) is 24.1 Å². The number of ether oxygens (including phenoxy) is 2. The molecule has 0 bridgehead atoms. The van der Waals surface area contributed by atoms with Crippen molar-refractivity contribution >= 4 is 17.3 Å². The number of carbonyl (C=O) groups excluding carboxylic acids is 3. The van der Waals surface area contributed by atoms with E-state index >= 15 is 0 Å². The Morgan fingerprint density at radius 1 is 1.15 bits per heavy atom. The van der Waals surface area contributed by atoms with Crippen LogP contribution in [0, 0.1) is 0 Å². The third kappa shape index (κ3) is 3.15. The second-order valence-corrected chi connectivity index (χ2v) is 6.95. The molecule has 6 nitrogen and oxygen atoms in total. The molecule has 1 fully saturated rings. The molecule has 3 aliphatic rings. The molecule has 0 aromatic heterocycles. The minimum atomic E-state index is -1.06. The summed E-state index contributed by atoms with van der Waals surface area (Å²) in [4.78, 5) is 40.6. The van der Waals surface area contributed by atoms with Gasteiger partial charge in [-0.2, -0.15) is 0 Å². The molecule has 2 heterocycles. The zero-order valence-electron chi connectivity index (χ0n) is 15.2. The van der Waals surface area contributed by atoms with E-state index in [9.17, 15) is 14.4 Å². The fraction of sp³-hybridized carbons (Fsp3) is 0.381. The Balaban J connectivity index is 1.63. The highest BCUT2D eigenvalue weighted by Gasteiger charge is 2.40. The molecule has 0 radical (unpaired) electrons. The van der Waals surface area contributed by atoms with Gasteiger partial charge < -0.3 is 14.4 Å². The number of nitrogens with zero attached hydrogens (tertiary/aromatic N) is 1. The molecule has 1 aromatic carbocycles. The van der Waals surface area contributed by atoms with Gasteiger partial charge >= 0.3 is 0 Å². The first-order valence-electron chi connectivity index (χ1n) is 9.19. The van der Waals surface area contributed by atoms with Crippen LogP contribution in [-0.2, 0) is 14.3 Å². The lowest BCUT2D eigenvalue weighted by atomic mass is 9.82. The van der Waals surface area contributed by atoms with Crippen LogP contribution in [0.15, 0.2) is 47.2 Å². The van der Waals surface area contributed by atoms with Crippen LogP contribution < -0.4 is 0 Å². The molecular weight excluding hydrogens is 346 g/mol. The number of methoxy groups -OCH3 is 1. The van der Waals surface area contributed by atoms with Gasteiger partial charge in [0.25, 0.3) is 0 Å². The van der Waals surface area contributed by atoms with Crippen molar-refractivity contribution in [3.05, 3.63) is 58.4 Å². The van der Waals surface area contributed by atoms with Crippen molar-refractivity contribution in [1.82, 2.24) is 4.90 Å². The molecule has 27 heavy (non-hydrogen) atoms. The first-order valence-corrected chi connectivity index (χ1v) is 9.19. The fourth-order valence-electron chi connectivity index (χ4n) is 3.83. The highest BCUT2D eigenvalue weighted by atomic mass is 16.7. The van der Waals surface area contributed by atoms with Crippen molar-refractivity contribution in [1.29, 1.82) is 0 Å². The van der Waals surface area contributed by atoms with Crippen molar-refractivity contribution in [2.24, 2.45) is 0 Å². The minimum Gasteiger partial charge on any atom is -0.457 e. The molecule has 0 saturated carbocycles. The number of benzene rings is 1. The van der Waals surface area contributed by atoms with Gasteiger partial charge in [-0.1, -0.05) is 24.3 Å². The smallest absolute Gasteiger partial charge is 0.231 e. The Labute approximate surface area is 157 Å². The summed E-state index contributed by atoms with van der Waals surface area (Å²) >= 11 is 0. The quantitative estimate of drug-likeness (QED) is 0.795. The van der Waals surface area contributed by atoms with Gasteiger partial charge in [-0.15, -0.1) is 0 Å². The number of allylic oxidation sites excluding steroid dienone is 3. The minimum absolute atomic E-state index is 0.0836. The van der Waals surface area contributed by atoms with Crippen molar-refractivity contribution < 1.29 is 23.9 Å². The summed E-state index contributed by atoms with van der Waals surface area (Å²) in [5, 5.41) is 0. The summed E-state index contributed by atoms with van der Waals surface area (Å²) in [6.07, 6.45) is 2.98. The van der Waals surface area contributed by atoms with Gasteiger partial charge in [0.15, 0.2) is 23.1 Å². The zero-order valence-corrected chi connectivity index (χ0v) is 15.2. The van der Waals surface area contributed by atoms with Gasteiger partial charge in [-0.25, -0.2) is 0 Å². The first kappa shape index (κ1) is 17.8. The number of ketones is 3. The van der Waals surface area contributed by atoms with Gasteiger partial charge in [-0.3, -0.25) is 14.4 Å². The van der Waals surface area contributed by atoms with Crippen LogP contribution in [0.25, 0.3) is 0 Å². The van der Waals surface area contributed by atoms with Gasteiger partial charge in [0.2, 0.25) is 6.29 Å². The normalized spacial score (nSPS) is 22.3. The van der Waals surface area contributed by atoms with E-state index in [4.69, 9.17) is 9.47 Å². The van der Waals surface area contributed by atoms with Gasteiger partial charge in [0, 0.05) is 36.8 Å². The first-order chi connectivity index (χ1) is 13.1. The molecule has 0 spiro atoms. The second kappa shape index (κ2) is 7.21. The highest BCUT2D eigenvalue weighted by Crippen LogP contribution is 2.34. The lowest BCUT2D eigenvalue weighted by molar-refractivity contribution is -0.126. The third-order valence-electron chi connectivity index (χ3n) is 5.28. The molecule has 1 aromatic rings. The number of fused-ring (bicyclic) bond motifs is 1. The summed E-state index contributed by atoms with van der Waals surface area (Å²) < 4.78 is 11.0. The van der Waals surface area contributed by atoms with Crippen LogP contribution in [0.2, 0.25) is 0 Å². The molecule has 1 saturated heterocycles. The molecule has 4 rings (SSSR count). The van der Waals surface area contributed by atoms with Gasteiger partial charge in [0.05, 0.1) is 5.57 Å². The maximum Gasteiger partial charge on any atom is 0.231 e. The van der Waals surface area contributed by atoms with E-state index in [1.807, 2.05) is 0 Å². The Morgan fingerprint density at radius 2 is 1.81 bits per heavy atom. The van der Waals surface area contributed by atoms with E-state index in [1.165, 1.54) is 13.2 Å². The topological polar surface area (TPSA) is 72.9 Å². The summed E-state index contributed by atoms with van der Waals surface area (Å²) in [5.74, 6) is -0.683. The van der Waals surface area contributed by atoms with Gasteiger partial charge in [0.1, 0.15) is 0 Å². The van der Waals surface area contributed by atoms with Crippen molar-refractivity contribution in [3.63, 3.8) is 0 Å². The molecular formula is C21H21NO5. The van der Waals surface area contributed by atoms with Crippen molar-refractivity contribution in [3.8, 4) is 0 Å². The number of Topliss-reactive ketones (excluding diaryl/α,β-unsaturated/α-hetero) is 3. The van der Waals surface area contributed by atoms with Gasteiger partial charge in [-0.05, 0) is 32.0 Å². The number of hydrogen-bond acceptors (Lipinski definition) is 6. The van der Waals surface area contributed by atoms with E-state index in [0.717, 1.165) is 25.9 Å². The predicted octanol–water partition coefficient (Wildman–Crippen LogP) is 2.30. The molecule has 6 heteroatoms. The van der Waals surface area contributed by atoms with E-state index in [2.05, 4.69) is 4.90 Å². The maximum atomic E-state index is 12.9. The SMILES string of the molecule is COC1OC(C(=O)CCN2CCCC2)=CC2=C1C(=O)c1ccccc1C2=O. The van der Waals surface area contributed by atoms with E-state index in [1.54, 1.807) is 24.3 Å². The van der Waals surface area contributed by atoms with Crippen molar-refractivity contribution in [2.45, 2.75) is 25.6 Å². The standard InChI is InChI=1S/C21H21NO5/c1-26-21-18-15(19(24)13-6-2-3-7-14(13)20(18)25)12-17(27-21)16(23)8-11-22-9-4-5-10-22/h2-3,6-7,12,21H,4-5,8-11H2,1H3. The molecule has 1 atom stereocenters. The Hall–Kier alpha value is -2.57. The number of likely N-dealkylation sites (tertiary alicyclic amines) is 1. The zero-order chi connectivity index (χ0) is 19.0. The lowest BCUT2D eigenvalue weighted by Gasteiger charge is -2.29. The molecule has 2 aliphatic heterocycles. The average molecular weight is 367 g/mol. The summed E-state index contributed by atoms with van der Waals surface area (Å²) in [6, 6.07) is 6.67. The Morgan fingerprint density at radius 3 is 2.48 bits per heavy atom. The maximum absolute atomic E-state index is 12.9. The van der Waals surface area contributed by atoms with Crippen LogP contribution in [0.4, 0.5) is 0 Å². The molecule has 0 amide bonds. The Bertz CT molecular complexity index is 876. The van der Waals surface area contributed by atoms with Crippen LogP contribution in [-0.4, -0.2) is 55.3 Å². The fourth-order valence-corrected chi connectivity index (χ4v) is 3.83. The van der Waals surface area contributed by atoms with E-state index in [-0.39, 0.29) is 34.3 Å². The largest absolute Gasteiger partial charge is 0.457 e. The molecule has 1 aliphatic carbocycles. The second-order valence-electron chi connectivity index (χ2n) is 6.95. The summed E-state index contributed by atoms with van der Waals surface area (Å²) in [7, 11) is 1.39. The molecule has 1 unspecified atom stereocenters. The lowest BCUT2D eigenvalue weighted by Crippen LogP contribution is -2.35. The number of rotatable bonds is 5. The monoisotopic (exact) mass is 367 g/mol. The molecule has 0 N–H and O–H groups in total. The number of hydrogen-bond donors (Lipinski definition) is 0. The summed E-state index contributed by atoms with van der Waals surface area (Å²) in [6.45, 7) is 2.68. The van der Waals surface area contributed by atoms with Crippen LogP contribution >= 0.6 is 0 Å². The van der Waals surface area contributed by atoms with Crippen LogP contribution in [0.1, 0.15) is 40.0 Å². The predicted molar refractivity (Wildman–Crippen MR) is 97.4 cm³/mol. The molecule has 140 valence electrons. The highest BCUT2D eigenvalue weighted by molar-refractivity contribution is 6.28. The number of carbonyl (C=O) groups is 3.